The van der Waals surface area contributed by atoms with Crippen molar-refractivity contribution in [1.82, 2.24) is 4.90 Å². The molecule has 3 aliphatic carbocycles. The van der Waals surface area contributed by atoms with Crippen molar-refractivity contribution in [1.29, 1.82) is 0 Å². The molecule has 7 atom stereocenters. The van der Waals surface area contributed by atoms with Crippen molar-refractivity contribution < 1.29 is 54.1 Å². The Morgan fingerprint density at radius 3 is 2.15 bits per heavy atom. The zero-order valence-electron chi connectivity index (χ0n) is 26.4. The number of alkyl halides is 10. The van der Waals surface area contributed by atoms with Crippen molar-refractivity contribution in [2.24, 2.45) is 23.2 Å². The van der Waals surface area contributed by atoms with Gasteiger partial charge >= 0.3 is 23.9 Å². The summed E-state index contributed by atoms with van der Waals surface area (Å²) in [6, 6.07) is 5.16. The first-order valence-corrected chi connectivity index (χ1v) is 16.1. The highest BCUT2D eigenvalue weighted by atomic mass is 19.4. The summed E-state index contributed by atoms with van der Waals surface area (Å²) in [5, 5.41) is 21.4. The van der Waals surface area contributed by atoms with Crippen molar-refractivity contribution in [3.8, 4) is 5.75 Å². The number of benzene rings is 1. The molecule has 0 amide bonds. The van der Waals surface area contributed by atoms with Crippen LogP contribution in [-0.4, -0.2) is 71.0 Å². The second-order valence-corrected chi connectivity index (χ2v) is 14.5. The SMILES string of the molecule is CN(CCCCC[C@@H]1Cc2cc(O)ccc2[C@H]2C(F)C[C@@]3(C)[C@@H](CC[C@]3(C)O)[C@H]12)CCCCC(F)(F)C(F)(F)C(F)(F)C(F)(F)F. The molecule has 1 unspecified atom stereocenters. The highest BCUT2D eigenvalue weighted by molar-refractivity contribution is 5.41. The Hall–Kier alpha value is -1.76. The van der Waals surface area contributed by atoms with E-state index in [0.717, 1.165) is 36.8 Å². The Kier molecular flexibility index (Phi) is 10.4. The minimum Gasteiger partial charge on any atom is -0.508 e. The van der Waals surface area contributed by atoms with Gasteiger partial charge in [-0.2, -0.15) is 39.5 Å². The summed E-state index contributed by atoms with van der Waals surface area (Å²) in [6.45, 7) is 4.52. The normalized spacial score (nSPS) is 31.9. The van der Waals surface area contributed by atoms with Crippen LogP contribution >= 0.6 is 0 Å². The lowest BCUT2D eigenvalue weighted by molar-refractivity contribution is -0.396. The molecule has 0 aromatic heterocycles. The van der Waals surface area contributed by atoms with Gasteiger partial charge in [-0.15, -0.1) is 0 Å². The fourth-order valence-electron chi connectivity index (χ4n) is 8.65. The van der Waals surface area contributed by atoms with Gasteiger partial charge in [-0.05, 0) is 119 Å². The van der Waals surface area contributed by atoms with E-state index in [9.17, 15) is 49.7 Å². The van der Waals surface area contributed by atoms with E-state index in [-0.39, 0.29) is 48.8 Å². The first-order chi connectivity index (χ1) is 21.1. The van der Waals surface area contributed by atoms with Crippen LogP contribution in [0.4, 0.5) is 43.9 Å². The molecule has 0 saturated heterocycles. The van der Waals surface area contributed by atoms with Crippen molar-refractivity contribution in [3.63, 3.8) is 0 Å². The quantitative estimate of drug-likeness (QED) is 0.162. The number of fused-ring (bicyclic) bond motifs is 5. The highest BCUT2D eigenvalue weighted by Gasteiger charge is 2.81. The van der Waals surface area contributed by atoms with Gasteiger partial charge < -0.3 is 15.1 Å². The van der Waals surface area contributed by atoms with Crippen LogP contribution in [0.1, 0.15) is 95.1 Å². The minimum absolute atomic E-state index is 0.0454. The highest BCUT2D eigenvalue weighted by Crippen LogP contribution is 2.66. The van der Waals surface area contributed by atoms with Gasteiger partial charge in [0.05, 0.1) is 5.60 Å². The third-order valence-corrected chi connectivity index (χ3v) is 11.5. The summed E-state index contributed by atoms with van der Waals surface area (Å²) in [5.41, 5.74) is 0.398. The predicted octanol–water partition coefficient (Wildman–Crippen LogP) is 9.30. The molecular formula is C33H45F10NO2. The van der Waals surface area contributed by atoms with Crippen LogP contribution in [0.15, 0.2) is 18.2 Å². The lowest BCUT2D eigenvalue weighted by atomic mass is 9.50. The van der Waals surface area contributed by atoms with Gasteiger partial charge in [0.1, 0.15) is 11.9 Å². The van der Waals surface area contributed by atoms with Gasteiger partial charge in [0.15, 0.2) is 0 Å². The number of aromatic hydroxyl groups is 1. The largest absolute Gasteiger partial charge is 0.508 e. The van der Waals surface area contributed by atoms with Gasteiger partial charge in [0, 0.05) is 17.8 Å². The monoisotopic (exact) mass is 677 g/mol. The maximum Gasteiger partial charge on any atom is 0.460 e. The summed E-state index contributed by atoms with van der Waals surface area (Å²) < 4.78 is 133. The average molecular weight is 678 g/mol. The standard InChI is InChI=1S/C33H45F10NO2/c1-28-19-25(34)27-23-11-10-22(45)18-21(23)17-20(26(27)24(28)12-14-29(28,2)46)9-5-4-7-15-44(3)16-8-6-13-30(35,36)31(37,38)32(39,40)33(41,42)43/h10-11,18,20,24-27,45-46H,4-9,12-17,19H2,1-3H3/t20-,24+,25?,26+,27+,28+,29+/m1/s1. The van der Waals surface area contributed by atoms with Crippen molar-refractivity contribution >= 4 is 0 Å². The third kappa shape index (κ3) is 6.61. The van der Waals surface area contributed by atoms with Crippen LogP contribution in [0.5, 0.6) is 5.75 Å². The van der Waals surface area contributed by atoms with E-state index in [1.165, 1.54) is 0 Å². The fourth-order valence-corrected chi connectivity index (χ4v) is 8.65. The first kappa shape index (κ1) is 37.1. The second-order valence-electron chi connectivity index (χ2n) is 14.5. The number of hydrogen-bond acceptors (Lipinski definition) is 3. The van der Waals surface area contributed by atoms with Gasteiger partial charge in [0.25, 0.3) is 0 Å². The molecule has 0 heterocycles. The summed E-state index contributed by atoms with van der Waals surface area (Å²) in [6.07, 6.45) is -4.94. The maximum atomic E-state index is 16.0. The van der Waals surface area contributed by atoms with E-state index in [0.29, 0.717) is 25.8 Å². The number of rotatable bonds is 13. The van der Waals surface area contributed by atoms with Crippen LogP contribution < -0.4 is 0 Å². The number of unbranched alkanes of at least 4 members (excludes halogenated alkanes) is 3. The summed E-state index contributed by atoms with van der Waals surface area (Å²) >= 11 is 0. The molecule has 0 bridgehead atoms. The molecule has 2 fully saturated rings. The number of phenolic OH excluding ortho intramolecular Hbond substituents is 1. The van der Waals surface area contributed by atoms with Crippen molar-refractivity contribution in [2.75, 3.05) is 20.1 Å². The Morgan fingerprint density at radius 2 is 1.52 bits per heavy atom. The van der Waals surface area contributed by atoms with E-state index in [2.05, 4.69) is 0 Å². The third-order valence-electron chi connectivity index (χ3n) is 11.5. The molecule has 13 heteroatoms. The van der Waals surface area contributed by atoms with Crippen LogP contribution in [0.3, 0.4) is 0 Å². The maximum absolute atomic E-state index is 16.0. The number of aliphatic hydroxyl groups is 1. The van der Waals surface area contributed by atoms with E-state index in [4.69, 9.17) is 0 Å². The van der Waals surface area contributed by atoms with Gasteiger partial charge in [0.2, 0.25) is 0 Å². The van der Waals surface area contributed by atoms with Crippen LogP contribution in [0, 0.1) is 23.2 Å². The molecule has 3 nitrogen and oxygen atoms in total. The summed E-state index contributed by atoms with van der Waals surface area (Å²) in [5.74, 6) is -18.8. The van der Waals surface area contributed by atoms with Crippen molar-refractivity contribution in [3.05, 3.63) is 29.3 Å². The fraction of sp³-hybridized carbons (Fsp3) is 0.818. The molecule has 0 spiro atoms. The smallest absolute Gasteiger partial charge is 0.460 e. The van der Waals surface area contributed by atoms with E-state index < -0.39 is 54.0 Å². The predicted molar refractivity (Wildman–Crippen MR) is 153 cm³/mol. The number of halogens is 10. The average Bonchev–Trinajstić information content (AvgIpc) is 3.17. The Bertz CT molecular complexity index is 1210. The summed E-state index contributed by atoms with van der Waals surface area (Å²) in [4.78, 5) is 1.76. The van der Waals surface area contributed by atoms with Gasteiger partial charge in [-0.3, -0.25) is 0 Å². The zero-order chi connectivity index (χ0) is 34.5. The lowest BCUT2D eigenvalue weighted by Crippen LogP contribution is -2.60. The van der Waals surface area contributed by atoms with Gasteiger partial charge in [-0.25, -0.2) is 4.39 Å². The second kappa shape index (κ2) is 12.9. The van der Waals surface area contributed by atoms with Crippen LogP contribution in [0.25, 0.3) is 0 Å². The molecular weight excluding hydrogens is 632 g/mol. The minimum atomic E-state index is -6.86. The molecule has 1 aromatic carbocycles. The molecule has 2 N–H and O–H groups in total. The molecule has 4 rings (SSSR count). The molecule has 0 aliphatic heterocycles. The van der Waals surface area contributed by atoms with E-state index in [1.54, 1.807) is 24.1 Å². The Morgan fingerprint density at radius 1 is 0.891 bits per heavy atom. The van der Waals surface area contributed by atoms with E-state index >= 15 is 4.39 Å². The summed E-state index contributed by atoms with van der Waals surface area (Å²) in [7, 11) is 1.68. The van der Waals surface area contributed by atoms with Crippen LogP contribution in [-0.2, 0) is 6.42 Å². The van der Waals surface area contributed by atoms with Crippen molar-refractivity contribution in [2.45, 2.75) is 126 Å². The molecule has 2 saturated carbocycles. The topological polar surface area (TPSA) is 43.7 Å². The van der Waals surface area contributed by atoms with Crippen LogP contribution in [0.2, 0.25) is 0 Å². The molecule has 0 radical (unpaired) electrons. The number of hydrogen-bond donors (Lipinski definition) is 2. The van der Waals surface area contributed by atoms with E-state index in [1.807, 2.05) is 19.9 Å². The number of phenols is 1. The zero-order valence-corrected chi connectivity index (χ0v) is 26.4. The molecule has 264 valence electrons. The first-order valence-electron chi connectivity index (χ1n) is 16.1. The molecule has 3 aliphatic rings. The van der Waals surface area contributed by atoms with Gasteiger partial charge in [-0.1, -0.05) is 25.8 Å². The Labute approximate surface area is 263 Å². The molecule has 1 aromatic rings. The Balaban J connectivity index is 1.27. The lowest BCUT2D eigenvalue weighted by Gasteiger charge is -2.56. The molecule has 46 heavy (non-hydrogen) atoms. The number of nitrogens with zero attached hydrogens (tertiary/aromatic N) is 1.